The number of nitrogen functional groups attached to an aromatic ring is 1. The maximum Gasteiger partial charge on any atom is 0.367 e. The number of hydrogen-bond donors (Lipinski definition) is 7. The first-order chi connectivity index (χ1) is 8.99. The normalized spacial score (nSPS) is 23.7. The Kier molecular flexibility index (Phi) is 3.00. The number of amides is 1. The van der Waals surface area contributed by atoms with Crippen LogP contribution in [0.25, 0.3) is 0 Å². The second-order valence-corrected chi connectivity index (χ2v) is 4.19. The van der Waals surface area contributed by atoms with Gasteiger partial charge >= 0.3 is 23.8 Å². The van der Waals surface area contributed by atoms with E-state index in [2.05, 4.69) is 4.74 Å². The Labute approximate surface area is 111 Å². The SMILES string of the molecule is Nc1ccc(N2C(=O)C(O)(O)OC(O)(O)C2(O)O)cc1. The molecule has 0 atom stereocenters. The summed E-state index contributed by atoms with van der Waals surface area (Å²) in [6.45, 7) is 0. The molecule has 10 heteroatoms. The zero-order valence-corrected chi connectivity index (χ0v) is 9.83. The molecule has 1 amide bonds. The Balaban J connectivity index is 2.57. The summed E-state index contributed by atoms with van der Waals surface area (Å²) in [4.78, 5) is 11.7. The predicted molar refractivity (Wildman–Crippen MR) is 60.9 cm³/mol. The van der Waals surface area contributed by atoms with Gasteiger partial charge in [-0.3, -0.25) is 9.53 Å². The van der Waals surface area contributed by atoms with E-state index in [1.807, 2.05) is 0 Å². The molecule has 0 unspecified atom stereocenters. The number of nitrogens with two attached hydrogens (primary N) is 1. The molecular formula is C10H12N2O8. The lowest BCUT2D eigenvalue weighted by molar-refractivity contribution is -0.532. The van der Waals surface area contributed by atoms with Gasteiger partial charge in [-0.1, -0.05) is 0 Å². The molecule has 20 heavy (non-hydrogen) atoms. The fourth-order valence-corrected chi connectivity index (χ4v) is 1.66. The van der Waals surface area contributed by atoms with Crippen molar-refractivity contribution < 1.29 is 40.2 Å². The van der Waals surface area contributed by atoms with Crippen LogP contribution in [0.4, 0.5) is 11.4 Å². The van der Waals surface area contributed by atoms with Gasteiger partial charge in [-0.05, 0) is 24.3 Å². The summed E-state index contributed by atoms with van der Waals surface area (Å²) in [5, 5.41) is 56.6. The van der Waals surface area contributed by atoms with E-state index in [1.54, 1.807) is 0 Å². The summed E-state index contributed by atoms with van der Waals surface area (Å²) in [5.41, 5.74) is 5.39. The molecule has 1 heterocycles. The highest BCUT2D eigenvalue weighted by Crippen LogP contribution is 2.37. The van der Waals surface area contributed by atoms with E-state index >= 15 is 0 Å². The van der Waals surface area contributed by atoms with Gasteiger partial charge < -0.3 is 36.4 Å². The second-order valence-electron chi connectivity index (χ2n) is 4.19. The van der Waals surface area contributed by atoms with Crippen LogP contribution in [0.3, 0.4) is 0 Å². The van der Waals surface area contributed by atoms with Crippen molar-refractivity contribution in [3.05, 3.63) is 24.3 Å². The number of nitrogens with zero attached hydrogens (tertiary/aromatic N) is 1. The van der Waals surface area contributed by atoms with E-state index < -0.39 is 23.8 Å². The van der Waals surface area contributed by atoms with Gasteiger partial charge in [0.15, 0.2) is 0 Å². The van der Waals surface area contributed by atoms with Crippen molar-refractivity contribution in [3.63, 3.8) is 0 Å². The first kappa shape index (κ1) is 14.6. The average molecular weight is 288 g/mol. The van der Waals surface area contributed by atoms with Crippen LogP contribution in [-0.4, -0.2) is 54.4 Å². The lowest BCUT2D eigenvalue weighted by Crippen LogP contribution is -2.78. The number of carbonyl (C=O) groups excluding carboxylic acids is 1. The molecule has 2 rings (SSSR count). The predicted octanol–water partition coefficient (Wildman–Crippen LogP) is -3.45. The van der Waals surface area contributed by atoms with Gasteiger partial charge in [0.1, 0.15) is 0 Å². The van der Waals surface area contributed by atoms with Crippen LogP contribution in [0.5, 0.6) is 0 Å². The van der Waals surface area contributed by atoms with E-state index in [0.717, 1.165) is 12.1 Å². The molecule has 110 valence electrons. The monoisotopic (exact) mass is 288 g/mol. The molecule has 1 aromatic carbocycles. The number of rotatable bonds is 1. The molecule has 1 aliphatic heterocycles. The zero-order valence-electron chi connectivity index (χ0n) is 9.83. The van der Waals surface area contributed by atoms with Crippen molar-refractivity contribution in [1.82, 2.24) is 0 Å². The maximum atomic E-state index is 11.8. The van der Waals surface area contributed by atoms with E-state index in [-0.39, 0.29) is 16.3 Å². The topological polar surface area (TPSA) is 177 Å². The first-order valence-electron chi connectivity index (χ1n) is 5.23. The Hall–Kier alpha value is -1.79. The van der Waals surface area contributed by atoms with Crippen LogP contribution < -0.4 is 10.6 Å². The molecule has 8 N–H and O–H groups in total. The van der Waals surface area contributed by atoms with Gasteiger partial charge in [0.2, 0.25) is 0 Å². The molecule has 0 radical (unpaired) electrons. The molecule has 1 aliphatic rings. The quantitative estimate of drug-likeness (QED) is 0.204. The molecular weight excluding hydrogens is 276 g/mol. The number of benzene rings is 1. The summed E-state index contributed by atoms with van der Waals surface area (Å²) in [6, 6.07) is 4.76. The molecule has 0 aliphatic carbocycles. The van der Waals surface area contributed by atoms with Crippen molar-refractivity contribution in [1.29, 1.82) is 0 Å². The minimum atomic E-state index is -3.86. The van der Waals surface area contributed by atoms with Crippen LogP contribution in [0.2, 0.25) is 0 Å². The van der Waals surface area contributed by atoms with Crippen molar-refractivity contribution in [3.8, 4) is 0 Å². The van der Waals surface area contributed by atoms with Crippen molar-refractivity contribution in [2.75, 3.05) is 10.6 Å². The van der Waals surface area contributed by atoms with Crippen LogP contribution in [0.1, 0.15) is 0 Å². The molecule has 1 fully saturated rings. The van der Waals surface area contributed by atoms with Crippen LogP contribution in [0.15, 0.2) is 24.3 Å². The number of ether oxygens (including phenoxy) is 1. The number of morpholine rings is 1. The second kappa shape index (κ2) is 4.10. The molecule has 0 saturated carbocycles. The van der Waals surface area contributed by atoms with E-state index in [9.17, 15) is 35.4 Å². The highest BCUT2D eigenvalue weighted by Gasteiger charge is 2.68. The van der Waals surface area contributed by atoms with E-state index in [4.69, 9.17) is 5.73 Å². The smallest absolute Gasteiger partial charge is 0.367 e. The third kappa shape index (κ3) is 2.01. The number of carbonyl (C=O) groups is 1. The molecule has 1 saturated heterocycles. The van der Waals surface area contributed by atoms with Gasteiger partial charge in [-0.2, -0.15) is 0 Å². The summed E-state index contributed by atoms with van der Waals surface area (Å²) in [7, 11) is 0. The molecule has 10 nitrogen and oxygen atoms in total. The van der Waals surface area contributed by atoms with E-state index in [1.165, 1.54) is 12.1 Å². The van der Waals surface area contributed by atoms with Gasteiger partial charge in [0.05, 0.1) is 0 Å². The first-order valence-corrected chi connectivity index (χ1v) is 5.23. The third-order valence-corrected chi connectivity index (χ3v) is 2.67. The van der Waals surface area contributed by atoms with Gasteiger partial charge in [-0.15, -0.1) is 0 Å². The molecule has 0 aromatic heterocycles. The third-order valence-electron chi connectivity index (χ3n) is 2.67. The van der Waals surface area contributed by atoms with Crippen LogP contribution >= 0.6 is 0 Å². The number of anilines is 2. The molecule has 1 aromatic rings. The lowest BCUT2D eigenvalue weighted by Gasteiger charge is -2.48. The Morgan fingerprint density at radius 3 is 2.00 bits per heavy atom. The summed E-state index contributed by atoms with van der Waals surface area (Å²) in [5.74, 6) is -12.9. The summed E-state index contributed by atoms with van der Waals surface area (Å²) in [6.07, 6.45) is 0. The standard InChI is InChI=1S/C10H12N2O8/c11-5-1-3-6(4-2-5)12-7(13)8(14,15)20-10(18,19)9(12,16)17/h1-4,14-19H,11H2. The van der Waals surface area contributed by atoms with Gasteiger partial charge in [0.25, 0.3) is 0 Å². The Morgan fingerprint density at radius 1 is 1.00 bits per heavy atom. The summed E-state index contributed by atoms with van der Waals surface area (Å²) >= 11 is 0. The van der Waals surface area contributed by atoms with Crippen LogP contribution in [-0.2, 0) is 9.53 Å². The van der Waals surface area contributed by atoms with Crippen molar-refractivity contribution >= 4 is 17.3 Å². The fourth-order valence-electron chi connectivity index (χ4n) is 1.66. The number of aliphatic hydroxyl groups is 6. The fraction of sp³-hybridized carbons (Fsp3) is 0.300. The average Bonchev–Trinajstić information content (AvgIpc) is 2.28. The Morgan fingerprint density at radius 2 is 1.50 bits per heavy atom. The highest BCUT2D eigenvalue weighted by atomic mass is 16.9. The van der Waals surface area contributed by atoms with Crippen molar-refractivity contribution in [2.45, 2.75) is 17.9 Å². The minimum absolute atomic E-state index is 0.0596. The van der Waals surface area contributed by atoms with Crippen LogP contribution in [0, 0.1) is 0 Å². The Bertz CT molecular complexity index is 539. The van der Waals surface area contributed by atoms with Gasteiger partial charge in [-0.25, -0.2) is 4.90 Å². The maximum absolute atomic E-state index is 11.8. The van der Waals surface area contributed by atoms with E-state index in [0.29, 0.717) is 0 Å². The lowest BCUT2D eigenvalue weighted by atomic mass is 10.1. The minimum Gasteiger partial charge on any atom is -0.399 e. The number of hydrogen-bond acceptors (Lipinski definition) is 9. The molecule has 0 spiro atoms. The molecule has 0 bridgehead atoms. The van der Waals surface area contributed by atoms with Gasteiger partial charge in [0, 0.05) is 11.4 Å². The summed E-state index contributed by atoms with van der Waals surface area (Å²) < 4.78 is 3.77. The highest BCUT2D eigenvalue weighted by molar-refractivity contribution is 5.99. The van der Waals surface area contributed by atoms with Crippen molar-refractivity contribution in [2.24, 2.45) is 0 Å². The largest absolute Gasteiger partial charge is 0.399 e. The zero-order chi connectivity index (χ0) is 15.3.